The molecular formula is C19H14ClN3O7. The van der Waals surface area contributed by atoms with E-state index in [-0.39, 0.29) is 23.4 Å². The number of halogens is 1. The predicted octanol–water partition coefficient (Wildman–Crippen LogP) is 3.31. The number of nitrogens with zero attached hydrogens (tertiary/aromatic N) is 2. The topological polar surface area (TPSA) is 163 Å². The molecule has 0 fully saturated rings. The van der Waals surface area contributed by atoms with Gasteiger partial charge in [0.05, 0.1) is 10.4 Å². The van der Waals surface area contributed by atoms with E-state index in [1.807, 2.05) is 0 Å². The van der Waals surface area contributed by atoms with Crippen molar-refractivity contribution in [3.8, 4) is 5.75 Å². The van der Waals surface area contributed by atoms with Gasteiger partial charge in [0, 0.05) is 22.9 Å². The number of fused-ring (bicyclic) bond motifs is 1. The maximum Gasteiger partial charge on any atom is 0.339 e. The molecule has 0 unspecified atom stereocenters. The van der Waals surface area contributed by atoms with Crippen LogP contribution in [0.4, 0.5) is 11.5 Å². The number of carboxylic acids is 2. The number of aromatic carboxylic acids is 1. The molecule has 0 aliphatic heterocycles. The smallest absolute Gasteiger partial charge is 0.339 e. The quantitative estimate of drug-likeness (QED) is 0.324. The summed E-state index contributed by atoms with van der Waals surface area (Å²) >= 11 is 5.92. The van der Waals surface area contributed by atoms with Crippen molar-refractivity contribution in [1.82, 2.24) is 4.98 Å². The standard InChI is InChI=1S/C19H14ClN3O7/c20-11-2-3-13-10(7-11)8-12(18(25)26)17(21-13)22-14(19(27)28)5-9-1-4-16(24)15(6-9)23(29)30/h1-4,6-8,14,24H,5H2,(H,21,22)(H,25,26)(H,27,28)/t14-/m0/s1. The minimum Gasteiger partial charge on any atom is -0.502 e. The summed E-state index contributed by atoms with van der Waals surface area (Å²) in [6.45, 7) is 0. The van der Waals surface area contributed by atoms with Gasteiger partial charge in [-0.25, -0.2) is 14.6 Å². The van der Waals surface area contributed by atoms with Crippen molar-refractivity contribution in [3.63, 3.8) is 0 Å². The highest BCUT2D eigenvalue weighted by Crippen LogP contribution is 2.28. The lowest BCUT2D eigenvalue weighted by Gasteiger charge is -2.17. The van der Waals surface area contributed by atoms with Crippen LogP contribution < -0.4 is 5.32 Å². The first-order valence-corrected chi connectivity index (χ1v) is 8.82. The number of phenolic OH excluding ortho intramolecular Hbond substituents is 1. The molecule has 3 aromatic rings. The second-order valence-electron chi connectivity index (χ2n) is 6.35. The minimum absolute atomic E-state index is 0.169. The van der Waals surface area contributed by atoms with Crippen molar-refractivity contribution in [2.75, 3.05) is 5.32 Å². The summed E-state index contributed by atoms with van der Waals surface area (Å²) in [6.07, 6.45) is -0.226. The highest BCUT2D eigenvalue weighted by Gasteiger charge is 2.24. The van der Waals surface area contributed by atoms with Crippen LogP contribution in [-0.4, -0.2) is 43.2 Å². The van der Waals surface area contributed by atoms with E-state index in [2.05, 4.69) is 10.3 Å². The van der Waals surface area contributed by atoms with Gasteiger partial charge in [0.2, 0.25) is 0 Å². The molecule has 0 amide bonds. The summed E-state index contributed by atoms with van der Waals surface area (Å²) in [5.41, 5.74) is -0.170. The van der Waals surface area contributed by atoms with Gasteiger partial charge in [0.25, 0.3) is 0 Å². The van der Waals surface area contributed by atoms with Gasteiger partial charge in [0.15, 0.2) is 5.75 Å². The number of hydrogen-bond donors (Lipinski definition) is 4. The molecule has 10 nitrogen and oxygen atoms in total. The first-order chi connectivity index (χ1) is 14.2. The van der Waals surface area contributed by atoms with E-state index >= 15 is 0 Å². The van der Waals surface area contributed by atoms with Gasteiger partial charge in [-0.1, -0.05) is 17.7 Å². The van der Waals surface area contributed by atoms with Crippen LogP contribution in [0.2, 0.25) is 5.02 Å². The average Bonchev–Trinajstić information content (AvgIpc) is 2.67. The lowest BCUT2D eigenvalue weighted by Crippen LogP contribution is -2.32. The van der Waals surface area contributed by atoms with Crippen molar-refractivity contribution < 1.29 is 29.8 Å². The van der Waals surface area contributed by atoms with E-state index in [0.29, 0.717) is 15.9 Å². The third-order valence-electron chi connectivity index (χ3n) is 4.29. The van der Waals surface area contributed by atoms with Crippen molar-refractivity contribution in [2.24, 2.45) is 0 Å². The van der Waals surface area contributed by atoms with Gasteiger partial charge in [-0.2, -0.15) is 0 Å². The van der Waals surface area contributed by atoms with Crippen LogP contribution in [0.1, 0.15) is 15.9 Å². The number of aromatic hydroxyl groups is 1. The lowest BCUT2D eigenvalue weighted by atomic mass is 10.0. The number of carboxylic acid groups (broad SMARTS) is 2. The highest BCUT2D eigenvalue weighted by molar-refractivity contribution is 6.31. The second kappa shape index (κ2) is 8.21. The van der Waals surface area contributed by atoms with Crippen LogP contribution in [-0.2, 0) is 11.2 Å². The number of phenols is 1. The molecule has 2 aromatic carbocycles. The zero-order valence-electron chi connectivity index (χ0n) is 15.1. The summed E-state index contributed by atoms with van der Waals surface area (Å²) in [5, 5.41) is 43.0. The molecule has 3 rings (SSSR count). The highest BCUT2D eigenvalue weighted by atomic mass is 35.5. The summed E-state index contributed by atoms with van der Waals surface area (Å²) in [6, 6.07) is 8.12. The molecule has 11 heteroatoms. The molecule has 154 valence electrons. The molecular weight excluding hydrogens is 418 g/mol. The van der Waals surface area contributed by atoms with Crippen LogP contribution in [0.5, 0.6) is 5.75 Å². The number of nitrogens with one attached hydrogen (secondary N) is 1. The third kappa shape index (κ3) is 4.39. The molecule has 0 bridgehead atoms. The number of aromatic nitrogens is 1. The molecule has 1 aromatic heterocycles. The SMILES string of the molecule is O=C(O)c1cc2cc(Cl)ccc2nc1N[C@@H](Cc1ccc(O)c([N+](=O)[O-])c1)C(=O)O. The van der Waals surface area contributed by atoms with Crippen LogP contribution in [0.15, 0.2) is 42.5 Å². The number of nitro benzene ring substituents is 1. The first-order valence-electron chi connectivity index (χ1n) is 8.45. The van der Waals surface area contributed by atoms with E-state index in [4.69, 9.17) is 11.6 Å². The molecule has 4 N–H and O–H groups in total. The number of nitro groups is 1. The molecule has 1 atom stereocenters. The fraction of sp³-hybridized carbons (Fsp3) is 0.105. The third-order valence-corrected chi connectivity index (χ3v) is 4.53. The Kier molecular flexibility index (Phi) is 5.70. The van der Waals surface area contributed by atoms with E-state index in [1.165, 1.54) is 18.2 Å². The van der Waals surface area contributed by atoms with Gasteiger partial charge < -0.3 is 20.6 Å². The molecule has 0 saturated carbocycles. The Morgan fingerprint density at radius 3 is 2.53 bits per heavy atom. The molecule has 0 saturated heterocycles. The van der Waals surface area contributed by atoms with Crippen LogP contribution in [0, 0.1) is 10.1 Å². The van der Waals surface area contributed by atoms with Crippen molar-refractivity contribution in [2.45, 2.75) is 12.5 Å². The van der Waals surface area contributed by atoms with Gasteiger partial charge in [-0.05, 0) is 35.9 Å². The van der Waals surface area contributed by atoms with E-state index in [0.717, 1.165) is 12.1 Å². The Hall–Kier alpha value is -3.92. The summed E-state index contributed by atoms with van der Waals surface area (Å²) < 4.78 is 0. The number of aliphatic carboxylic acids is 1. The minimum atomic E-state index is -1.34. The number of anilines is 1. The Balaban J connectivity index is 1.98. The largest absolute Gasteiger partial charge is 0.502 e. The molecule has 0 aliphatic rings. The molecule has 0 radical (unpaired) electrons. The maximum atomic E-state index is 11.7. The van der Waals surface area contributed by atoms with Gasteiger partial charge in [-0.3, -0.25) is 10.1 Å². The van der Waals surface area contributed by atoms with Gasteiger partial charge >= 0.3 is 17.6 Å². The lowest BCUT2D eigenvalue weighted by molar-refractivity contribution is -0.385. The Labute approximate surface area is 173 Å². The fourth-order valence-corrected chi connectivity index (χ4v) is 3.04. The van der Waals surface area contributed by atoms with Crippen LogP contribution in [0.3, 0.4) is 0 Å². The zero-order chi connectivity index (χ0) is 22.0. The summed E-state index contributed by atoms with van der Waals surface area (Å²) in [5.74, 6) is -3.36. The molecule has 1 heterocycles. The molecule has 0 aliphatic carbocycles. The summed E-state index contributed by atoms with van der Waals surface area (Å²) in [7, 11) is 0. The number of hydrogen-bond acceptors (Lipinski definition) is 7. The van der Waals surface area contributed by atoms with Crippen molar-refractivity contribution >= 4 is 45.9 Å². The van der Waals surface area contributed by atoms with Crippen molar-refractivity contribution in [3.05, 3.63) is 68.7 Å². The fourth-order valence-electron chi connectivity index (χ4n) is 2.86. The number of benzene rings is 2. The average molecular weight is 432 g/mol. The number of pyridine rings is 1. The van der Waals surface area contributed by atoms with Crippen molar-refractivity contribution in [1.29, 1.82) is 0 Å². The van der Waals surface area contributed by atoms with E-state index in [1.54, 1.807) is 12.1 Å². The van der Waals surface area contributed by atoms with E-state index in [9.17, 15) is 35.0 Å². The monoisotopic (exact) mass is 431 g/mol. The van der Waals surface area contributed by atoms with Crippen LogP contribution >= 0.6 is 11.6 Å². The first kappa shape index (κ1) is 20.8. The molecule has 0 spiro atoms. The number of carbonyl (C=O) groups is 2. The molecule has 30 heavy (non-hydrogen) atoms. The zero-order valence-corrected chi connectivity index (χ0v) is 15.8. The number of rotatable bonds is 7. The van der Waals surface area contributed by atoms with Crippen LogP contribution in [0.25, 0.3) is 10.9 Å². The van der Waals surface area contributed by atoms with E-state index < -0.39 is 34.3 Å². The maximum absolute atomic E-state index is 11.7. The normalized spacial score (nSPS) is 11.8. The Morgan fingerprint density at radius 1 is 1.17 bits per heavy atom. The predicted molar refractivity (Wildman–Crippen MR) is 107 cm³/mol. The Bertz CT molecular complexity index is 1180. The Morgan fingerprint density at radius 2 is 1.90 bits per heavy atom. The second-order valence-corrected chi connectivity index (χ2v) is 6.78. The van der Waals surface area contributed by atoms with Gasteiger partial charge in [-0.15, -0.1) is 0 Å². The van der Waals surface area contributed by atoms with Gasteiger partial charge in [0.1, 0.15) is 17.4 Å². The summed E-state index contributed by atoms with van der Waals surface area (Å²) in [4.78, 5) is 37.8.